The highest BCUT2D eigenvalue weighted by atomic mass is 32.2. The molecule has 0 amide bonds. The van der Waals surface area contributed by atoms with Gasteiger partial charge in [-0.15, -0.1) is 0 Å². The third-order valence-electron chi connectivity index (χ3n) is 2.26. The molecule has 0 saturated heterocycles. The Morgan fingerprint density at radius 1 is 1.57 bits per heavy atom. The van der Waals surface area contributed by atoms with Crippen molar-refractivity contribution in [2.75, 3.05) is 17.6 Å². The van der Waals surface area contributed by atoms with E-state index in [1.165, 1.54) is 6.20 Å². The Bertz CT molecular complexity index is 442. The van der Waals surface area contributed by atoms with E-state index in [0.717, 1.165) is 0 Å². The van der Waals surface area contributed by atoms with Crippen LogP contribution in [0, 0.1) is 5.92 Å². The van der Waals surface area contributed by atoms with Gasteiger partial charge in [-0.25, -0.2) is 8.42 Å². The van der Waals surface area contributed by atoms with Crippen LogP contribution in [0.4, 0.5) is 5.69 Å². The van der Waals surface area contributed by atoms with E-state index < -0.39 is 9.84 Å². The van der Waals surface area contributed by atoms with Crippen LogP contribution in [0.3, 0.4) is 0 Å². The molecule has 1 aromatic rings. The lowest BCUT2D eigenvalue weighted by Gasteiger charge is -2.05. The second-order valence-corrected chi connectivity index (χ2v) is 5.64. The van der Waals surface area contributed by atoms with Gasteiger partial charge in [0.05, 0.1) is 22.5 Å². The minimum Gasteiger partial charge on any atom is -0.382 e. The number of aromatic nitrogens is 1. The third kappa shape index (κ3) is 1.59. The molecule has 2 heterocycles. The van der Waals surface area contributed by atoms with Crippen LogP contribution in [0.1, 0.15) is 6.92 Å². The second kappa shape index (κ2) is 3.24. The van der Waals surface area contributed by atoms with Crippen LogP contribution in [-0.4, -0.2) is 25.7 Å². The van der Waals surface area contributed by atoms with Crippen molar-refractivity contribution in [2.45, 2.75) is 11.8 Å². The van der Waals surface area contributed by atoms with E-state index in [1.54, 1.807) is 12.3 Å². The van der Waals surface area contributed by atoms with E-state index in [0.29, 0.717) is 17.1 Å². The van der Waals surface area contributed by atoms with Crippen LogP contribution in [0.5, 0.6) is 0 Å². The molecule has 5 heteroatoms. The number of hydrogen-bond donors (Lipinski definition) is 1. The largest absolute Gasteiger partial charge is 0.382 e. The molecule has 0 spiro atoms. The van der Waals surface area contributed by atoms with Crippen LogP contribution < -0.4 is 5.32 Å². The van der Waals surface area contributed by atoms with E-state index >= 15 is 0 Å². The predicted octanol–water partition coefficient (Wildman–Crippen LogP) is 0.917. The zero-order valence-electron chi connectivity index (χ0n) is 7.90. The lowest BCUT2D eigenvalue weighted by atomic mass is 10.2. The number of hydrogen-bond acceptors (Lipinski definition) is 4. The van der Waals surface area contributed by atoms with Gasteiger partial charge in [0.1, 0.15) is 0 Å². The molecule has 4 nitrogen and oxygen atoms in total. The Balaban J connectivity index is 2.57. The summed E-state index contributed by atoms with van der Waals surface area (Å²) in [5.74, 6) is 0.337. The van der Waals surface area contributed by atoms with E-state index in [2.05, 4.69) is 10.3 Å². The Labute approximate surface area is 83.3 Å². The Morgan fingerprint density at radius 3 is 3.14 bits per heavy atom. The first-order chi connectivity index (χ1) is 6.59. The molecule has 0 radical (unpaired) electrons. The maximum Gasteiger partial charge on any atom is 0.180 e. The summed E-state index contributed by atoms with van der Waals surface area (Å²) < 4.78 is 23.7. The fourth-order valence-corrected chi connectivity index (χ4v) is 3.37. The van der Waals surface area contributed by atoms with Gasteiger partial charge >= 0.3 is 0 Å². The van der Waals surface area contributed by atoms with Crippen molar-refractivity contribution in [1.82, 2.24) is 4.98 Å². The first-order valence-corrected chi connectivity index (χ1v) is 6.15. The predicted molar refractivity (Wildman–Crippen MR) is 53.9 cm³/mol. The molecule has 0 aromatic carbocycles. The van der Waals surface area contributed by atoms with Crippen molar-refractivity contribution in [1.29, 1.82) is 0 Å². The number of rotatable bonds is 0. The molecule has 0 bridgehead atoms. The van der Waals surface area contributed by atoms with E-state index in [-0.39, 0.29) is 11.7 Å². The normalized spacial score (nSPS) is 24.5. The van der Waals surface area contributed by atoms with Gasteiger partial charge in [0.25, 0.3) is 0 Å². The first-order valence-electron chi connectivity index (χ1n) is 4.50. The van der Waals surface area contributed by atoms with Crippen LogP contribution in [0.25, 0.3) is 0 Å². The smallest absolute Gasteiger partial charge is 0.180 e. The molecule has 1 aliphatic heterocycles. The van der Waals surface area contributed by atoms with Gasteiger partial charge in [0.15, 0.2) is 9.84 Å². The lowest BCUT2D eigenvalue weighted by Crippen LogP contribution is -2.15. The van der Waals surface area contributed by atoms with Gasteiger partial charge < -0.3 is 5.32 Å². The first kappa shape index (κ1) is 9.45. The van der Waals surface area contributed by atoms with Crippen LogP contribution in [0.15, 0.2) is 23.4 Å². The van der Waals surface area contributed by atoms with Gasteiger partial charge in [0.2, 0.25) is 0 Å². The summed E-state index contributed by atoms with van der Waals surface area (Å²) in [4.78, 5) is 4.28. The van der Waals surface area contributed by atoms with Crippen molar-refractivity contribution in [2.24, 2.45) is 5.92 Å². The Kier molecular flexibility index (Phi) is 2.19. The SMILES string of the molecule is CC1CNc2cnccc2S(=O)(=O)C1. The van der Waals surface area contributed by atoms with E-state index in [4.69, 9.17) is 0 Å². The standard InChI is InChI=1S/C9H12N2O2S/c1-7-4-11-8-5-10-3-2-9(8)14(12,13)6-7/h2-3,5,7,11H,4,6H2,1H3. The zero-order chi connectivity index (χ0) is 10.2. The maximum atomic E-state index is 11.8. The highest BCUT2D eigenvalue weighted by molar-refractivity contribution is 7.91. The Hall–Kier alpha value is -1.10. The van der Waals surface area contributed by atoms with Crippen molar-refractivity contribution in [3.05, 3.63) is 18.5 Å². The molecule has 1 aromatic heterocycles. The van der Waals surface area contributed by atoms with Crippen LogP contribution >= 0.6 is 0 Å². The zero-order valence-corrected chi connectivity index (χ0v) is 8.71. The maximum absolute atomic E-state index is 11.8. The molecule has 0 fully saturated rings. The number of pyridine rings is 1. The summed E-state index contributed by atoms with van der Waals surface area (Å²) in [5, 5.41) is 3.09. The molecule has 0 saturated carbocycles. The van der Waals surface area contributed by atoms with E-state index in [1.807, 2.05) is 6.92 Å². The summed E-state index contributed by atoms with van der Waals surface area (Å²) in [7, 11) is -3.13. The number of sulfone groups is 1. The molecule has 14 heavy (non-hydrogen) atoms. The average Bonchev–Trinajstić information content (AvgIpc) is 2.24. The summed E-state index contributed by atoms with van der Waals surface area (Å²) in [6.07, 6.45) is 3.07. The minimum atomic E-state index is -3.13. The van der Waals surface area contributed by atoms with Crippen LogP contribution in [-0.2, 0) is 9.84 Å². The van der Waals surface area contributed by atoms with Crippen molar-refractivity contribution in [3.8, 4) is 0 Å². The molecular formula is C9H12N2O2S. The fraction of sp³-hybridized carbons (Fsp3) is 0.444. The van der Waals surface area contributed by atoms with Crippen molar-refractivity contribution >= 4 is 15.5 Å². The van der Waals surface area contributed by atoms with Crippen molar-refractivity contribution in [3.63, 3.8) is 0 Å². The average molecular weight is 212 g/mol. The molecule has 0 aliphatic carbocycles. The summed E-state index contributed by atoms with van der Waals surface area (Å²) in [5.41, 5.74) is 0.622. The lowest BCUT2D eigenvalue weighted by molar-refractivity contribution is 0.582. The number of nitrogens with one attached hydrogen (secondary N) is 1. The molecule has 2 rings (SSSR count). The monoisotopic (exact) mass is 212 g/mol. The van der Waals surface area contributed by atoms with Gasteiger partial charge in [0, 0.05) is 12.7 Å². The highest BCUT2D eigenvalue weighted by Gasteiger charge is 2.25. The van der Waals surface area contributed by atoms with Gasteiger partial charge in [-0.3, -0.25) is 4.98 Å². The minimum absolute atomic E-state index is 0.132. The molecular weight excluding hydrogens is 200 g/mol. The van der Waals surface area contributed by atoms with Gasteiger partial charge in [-0.1, -0.05) is 6.92 Å². The number of nitrogens with zero attached hydrogens (tertiary/aromatic N) is 1. The second-order valence-electron chi connectivity index (χ2n) is 3.64. The third-order valence-corrected chi connectivity index (χ3v) is 4.30. The van der Waals surface area contributed by atoms with Gasteiger partial charge in [-0.05, 0) is 12.0 Å². The summed E-state index contributed by atoms with van der Waals surface area (Å²) in [6, 6.07) is 1.55. The highest BCUT2D eigenvalue weighted by Crippen LogP contribution is 2.25. The molecule has 1 atom stereocenters. The molecule has 76 valence electrons. The molecule has 1 aliphatic rings. The molecule has 1 unspecified atom stereocenters. The Morgan fingerprint density at radius 2 is 2.36 bits per heavy atom. The quantitative estimate of drug-likeness (QED) is 0.694. The summed E-state index contributed by atoms with van der Waals surface area (Å²) in [6.45, 7) is 2.60. The van der Waals surface area contributed by atoms with Gasteiger partial charge in [-0.2, -0.15) is 0 Å². The van der Waals surface area contributed by atoms with Crippen molar-refractivity contribution < 1.29 is 8.42 Å². The summed E-state index contributed by atoms with van der Waals surface area (Å²) >= 11 is 0. The van der Waals surface area contributed by atoms with E-state index in [9.17, 15) is 8.42 Å². The topological polar surface area (TPSA) is 59.1 Å². The number of anilines is 1. The number of fused-ring (bicyclic) bond motifs is 1. The molecule has 1 N–H and O–H groups in total. The van der Waals surface area contributed by atoms with Crippen LogP contribution in [0.2, 0.25) is 0 Å². The fourth-order valence-electron chi connectivity index (χ4n) is 1.59.